The van der Waals surface area contributed by atoms with Crippen LogP contribution < -0.4 is 4.90 Å². The van der Waals surface area contributed by atoms with Crippen LogP contribution in [0.15, 0.2) is 247 Å². The number of hydrogen-bond acceptors (Lipinski definition) is 2. The number of fused-ring (bicyclic) bond motifs is 6. The smallest absolute Gasteiger partial charge is 0.143 e. The molecule has 12 rings (SSSR count). The molecule has 0 spiro atoms. The van der Waals surface area contributed by atoms with Crippen molar-refractivity contribution in [2.24, 2.45) is 0 Å². The van der Waals surface area contributed by atoms with Crippen LogP contribution in [0.4, 0.5) is 17.1 Å². The van der Waals surface area contributed by atoms with Crippen molar-refractivity contribution in [2.75, 3.05) is 4.90 Å². The number of benzene rings is 10. The molecule has 0 aliphatic rings. The standard InChI is InChI=1S/C60H40N2O/c1-4-16-41(17-5-1)43-30-33-49(34-31-43)61(50-23-14-20-44(37-50)42-18-6-2-7-19-42)51-38-46(36-47(39-51)52-26-15-27-56-55-25-11-13-29-59(55)63-60(52)56)45-32-35-54-53-24-10-12-28-57(53)62(58(54)40-45)48-21-8-3-9-22-48/h1-40H. The van der Waals surface area contributed by atoms with Gasteiger partial charge >= 0.3 is 0 Å². The molecule has 0 saturated heterocycles. The van der Waals surface area contributed by atoms with Gasteiger partial charge in [0, 0.05) is 49.9 Å². The highest BCUT2D eigenvalue weighted by Gasteiger charge is 2.20. The number of aromatic nitrogens is 1. The monoisotopic (exact) mass is 804 g/mol. The molecule has 12 aromatic rings. The number of furan rings is 1. The van der Waals surface area contributed by atoms with Crippen molar-refractivity contribution in [1.82, 2.24) is 4.57 Å². The van der Waals surface area contributed by atoms with E-state index in [0.717, 1.165) is 78.0 Å². The summed E-state index contributed by atoms with van der Waals surface area (Å²) in [5, 5.41) is 4.67. The van der Waals surface area contributed by atoms with E-state index in [1.807, 2.05) is 6.07 Å². The second-order valence-electron chi connectivity index (χ2n) is 16.1. The molecule has 2 heterocycles. The number of para-hydroxylation sites is 4. The Morgan fingerprint density at radius 2 is 0.857 bits per heavy atom. The van der Waals surface area contributed by atoms with Crippen molar-refractivity contribution < 1.29 is 4.42 Å². The molecule has 0 bridgehead atoms. The highest BCUT2D eigenvalue weighted by molar-refractivity contribution is 6.11. The minimum Gasteiger partial charge on any atom is -0.455 e. The molecule has 10 aromatic carbocycles. The van der Waals surface area contributed by atoms with Crippen LogP contribution in [0.5, 0.6) is 0 Å². The Morgan fingerprint density at radius 3 is 1.65 bits per heavy atom. The van der Waals surface area contributed by atoms with Gasteiger partial charge in [0.05, 0.1) is 11.0 Å². The van der Waals surface area contributed by atoms with Gasteiger partial charge in [-0.05, 0) is 112 Å². The van der Waals surface area contributed by atoms with E-state index in [-0.39, 0.29) is 0 Å². The topological polar surface area (TPSA) is 21.3 Å². The van der Waals surface area contributed by atoms with Crippen LogP contribution in [0.1, 0.15) is 0 Å². The fourth-order valence-electron chi connectivity index (χ4n) is 9.38. The fraction of sp³-hybridized carbons (Fsp3) is 0. The summed E-state index contributed by atoms with van der Waals surface area (Å²) in [4.78, 5) is 2.40. The summed E-state index contributed by atoms with van der Waals surface area (Å²) < 4.78 is 9.10. The van der Waals surface area contributed by atoms with Crippen LogP contribution in [0.3, 0.4) is 0 Å². The Balaban J connectivity index is 1.11. The zero-order valence-corrected chi connectivity index (χ0v) is 34.4. The number of anilines is 3. The first-order valence-corrected chi connectivity index (χ1v) is 21.5. The maximum atomic E-state index is 6.71. The van der Waals surface area contributed by atoms with Crippen LogP contribution in [-0.4, -0.2) is 4.57 Å². The van der Waals surface area contributed by atoms with E-state index in [4.69, 9.17) is 4.42 Å². The number of rotatable bonds is 8. The van der Waals surface area contributed by atoms with Gasteiger partial charge in [0.1, 0.15) is 11.2 Å². The number of nitrogens with zero attached hydrogens (tertiary/aromatic N) is 2. The normalized spacial score (nSPS) is 11.5. The lowest BCUT2D eigenvalue weighted by Crippen LogP contribution is -2.10. The van der Waals surface area contributed by atoms with E-state index < -0.39 is 0 Å². The van der Waals surface area contributed by atoms with Crippen molar-refractivity contribution >= 4 is 60.8 Å². The second-order valence-corrected chi connectivity index (χ2v) is 16.1. The Labute approximate surface area is 366 Å². The summed E-state index contributed by atoms with van der Waals surface area (Å²) in [6.45, 7) is 0. The Hall–Kier alpha value is -8.40. The molecule has 0 N–H and O–H groups in total. The minimum absolute atomic E-state index is 0.881. The van der Waals surface area contributed by atoms with Gasteiger partial charge in [0.2, 0.25) is 0 Å². The van der Waals surface area contributed by atoms with Crippen molar-refractivity contribution in [3.05, 3.63) is 243 Å². The van der Waals surface area contributed by atoms with E-state index >= 15 is 0 Å². The Bertz CT molecular complexity index is 3600. The molecule has 0 unspecified atom stereocenters. The van der Waals surface area contributed by atoms with Gasteiger partial charge in [0.15, 0.2) is 0 Å². The van der Waals surface area contributed by atoms with Crippen LogP contribution >= 0.6 is 0 Å². The van der Waals surface area contributed by atoms with Gasteiger partial charge in [-0.1, -0.05) is 170 Å². The predicted molar refractivity (Wildman–Crippen MR) is 264 cm³/mol. The zero-order chi connectivity index (χ0) is 41.7. The largest absolute Gasteiger partial charge is 0.455 e. The zero-order valence-electron chi connectivity index (χ0n) is 34.4. The molecule has 0 radical (unpaired) electrons. The van der Waals surface area contributed by atoms with E-state index in [1.54, 1.807) is 0 Å². The summed E-state index contributed by atoms with van der Waals surface area (Å²) >= 11 is 0. The molecule has 2 aromatic heterocycles. The third-order valence-corrected chi connectivity index (χ3v) is 12.4. The van der Waals surface area contributed by atoms with Gasteiger partial charge in [-0.25, -0.2) is 0 Å². The van der Waals surface area contributed by atoms with E-state index in [1.165, 1.54) is 33.0 Å². The highest BCUT2D eigenvalue weighted by atomic mass is 16.3. The van der Waals surface area contributed by atoms with E-state index in [2.05, 4.69) is 246 Å². The summed E-state index contributed by atoms with van der Waals surface area (Å²) in [6.07, 6.45) is 0. The Morgan fingerprint density at radius 1 is 0.302 bits per heavy atom. The maximum absolute atomic E-state index is 6.71. The molecule has 0 aliphatic carbocycles. The van der Waals surface area contributed by atoms with Crippen molar-refractivity contribution in [2.45, 2.75) is 0 Å². The average Bonchev–Trinajstić information content (AvgIpc) is 3.91. The fourth-order valence-corrected chi connectivity index (χ4v) is 9.38. The van der Waals surface area contributed by atoms with Crippen LogP contribution in [0.2, 0.25) is 0 Å². The van der Waals surface area contributed by atoms with Gasteiger partial charge in [-0.2, -0.15) is 0 Å². The first-order valence-electron chi connectivity index (χ1n) is 21.5. The average molecular weight is 805 g/mol. The molecule has 0 aliphatic heterocycles. The molecule has 3 heteroatoms. The lowest BCUT2D eigenvalue weighted by Gasteiger charge is -2.27. The molecule has 0 amide bonds. The van der Waals surface area contributed by atoms with Crippen molar-refractivity contribution in [1.29, 1.82) is 0 Å². The molecule has 63 heavy (non-hydrogen) atoms. The van der Waals surface area contributed by atoms with Crippen LogP contribution in [0, 0.1) is 0 Å². The third-order valence-electron chi connectivity index (χ3n) is 12.4. The second kappa shape index (κ2) is 15.3. The van der Waals surface area contributed by atoms with Crippen molar-refractivity contribution in [3.63, 3.8) is 0 Å². The number of hydrogen-bond donors (Lipinski definition) is 0. The van der Waals surface area contributed by atoms with Crippen LogP contribution in [-0.2, 0) is 0 Å². The van der Waals surface area contributed by atoms with E-state index in [0.29, 0.717) is 0 Å². The van der Waals surface area contributed by atoms with Gasteiger partial charge < -0.3 is 13.9 Å². The molecule has 296 valence electrons. The molecule has 3 nitrogen and oxygen atoms in total. The summed E-state index contributed by atoms with van der Waals surface area (Å²) in [7, 11) is 0. The summed E-state index contributed by atoms with van der Waals surface area (Å²) in [6, 6.07) is 87.2. The molecular formula is C60H40N2O. The van der Waals surface area contributed by atoms with Gasteiger partial charge in [-0.3, -0.25) is 0 Å². The van der Waals surface area contributed by atoms with Gasteiger partial charge in [0.25, 0.3) is 0 Å². The first kappa shape index (κ1) is 36.5. The molecule has 0 atom stereocenters. The minimum atomic E-state index is 0.881. The van der Waals surface area contributed by atoms with Gasteiger partial charge in [-0.15, -0.1) is 0 Å². The van der Waals surface area contributed by atoms with Crippen molar-refractivity contribution in [3.8, 4) is 50.2 Å². The lowest BCUT2D eigenvalue weighted by atomic mass is 9.95. The third kappa shape index (κ3) is 6.46. The maximum Gasteiger partial charge on any atom is 0.143 e. The quantitative estimate of drug-likeness (QED) is 0.153. The van der Waals surface area contributed by atoms with E-state index in [9.17, 15) is 0 Å². The predicted octanol–water partition coefficient (Wildman–Crippen LogP) is 16.8. The first-order chi connectivity index (χ1) is 31.2. The SMILES string of the molecule is c1ccc(-c2ccc(N(c3cccc(-c4ccccc4)c3)c3cc(-c4ccc5c6ccccc6n(-c6ccccc6)c5c4)cc(-c4cccc5c4oc4ccccc45)c3)cc2)cc1. The van der Waals surface area contributed by atoms with Crippen LogP contribution in [0.25, 0.3) is 93.9 Å². The molecule has 0 saturated carbocycles. The highest BCUT2D eigenvalue weighted by Crippen LogP contribution is 2.44. The molecular weight excluding hydrogens is 765 g/mol. The summed E-state index contributed by atoms with van der Waals surface area (Å²) in [5.74, 6) is 0. The molecule has 0 fully saturated rings. The lowest BCUT2D eigenvalue weighted by molar-refractivity contribution is 0.670. The Kier molecular flexibility index (Phi) is 8.83. The summed E-state index contributed by atoms with van der Waals surface area (Å²) in [5.41, 5.74) is 17.4.